The summed E-state index contributed by atoms with van der Waals surface area (Å²) in [4.78, 5) is 0.260. The number of rotatable bonds is 3. The molecule has 2 N–H and O–H groups in total. The number of hydrogen-bond acceptors (Lipinski definition) is 2. The molecule has 19 heavy (non-hydrogen) atoms. The first-order valence-electron chi connectivity index (χ1n) is 5.34. The van der Waals surface area contributed by atoms with Gasteiger partial charge in [-0.05, 0) is 42.0 Å². The van der Waals surface area contributed by atoms with Gasteiger partial charge in [-0.1, -0.05) is 23.2 Å². The third-order valence-electron chi connectivity index (χ3n) is 2.52. The lowest BCUT2D eigenvalue weighted by Gasteiger charge is -2.08. The predicted molar refractivity (Wildman–Crippen MR) is 77.4 cm³/mol. The van der Waals surface area contributed by atoms with E-state index in [1.165, 1.54) is 18.2 Å². The second-order valence-electron chi connectivity index (χ2n) is 3.91. The molecule has 2 nitrogen and oxygen atoms in total. The quantitative estimate of drug-likeness (QED) is 0.869. The highest BCUT2D eigenvalue weighted by atomic mass is 35.5. The fourth-order valence-electron chi connectivity index (χ4n) is 1.58. The Hall–Kier alpha value is -1.10. The van der Waals surface area contributed by atoms with Crippen LogP contribution < -0.4 is 5.73 Å². The van der Waals surface area contributed by atoms with Crippen molar-refractivity contribution in [1.29, 1.82) is 0 Å². The van der Waals surface area contributed by atoms with Crippen LogP contribution >= 0.6 is 23.2 Å². The predicted octanol–water partition coefficient (Wildman–Crippen LogP) is 4.02. The molecule has 0 heterocycles. The van der Waals surface area contributed by atoms with Gasteiger partial charge in [0.2, 0.25) is 0 Å². The lowest BCUT2D eigenvalue weighted by Crippen LogP contribution is -2.02. The largest absolute Gasteiger partial charge is 0.398 e. The number of nitrogens with two attached hydrogens (primary N) is 1. The monoisotopic (exact) mass is 317 g/mol. The number of benzene rings is 2. The van der Waals surface area contributed by atoms with Gasteiger partial charge in [-0.3, -0.25) is 4.21 Å². The van der Waals surface area contributed by atoms with Crippen molar-refractivity contribution in [2.24, 2.45) is 0 Å². The highest BCUT2D eigenvalue weighted by molar-refractivity contribution is 7.84. The maximum Gasteiger partial charge on any atom is 0.124 e. The normalized spacial score (nSPS) is 12.4. The Morgan fingerprint density at radius 1 is 1.16 bits per heavy atom. The van der Waals surface area contributed by atoms with Crippen molar-refractivity contribution in [3.05, 3.63) is 57.8 Å². The molecule has 0 fully saturated rings. The Bertz CT molecular complexity index is 649. The number of nitrogen functional groups attached to an aromatic ring is 1. The summed E-state index contributed by atoms with van der Waals surface area (Å²) in [5.74, 6) is -0.345. The van der Waals surface area contributed by atoms with Gasteiger partial charge in [0, 0.05) is 15.7 Å². The second kappa shape index (κ2) is 5.90. The molecule has 0 aliphatic heterocycles. The summed E-state index contributed by atoms with van der Waals surface area (Å²) in [6, 6.07) is 8.70. The maximum atomic E-state index is 13.2. The van der Waals surface area contributed by atoms with Crippen LogP contribution in [-0.2, 0) is 16.6 Å². The van der Waals surface area contributed by atoms with Gasteiger partial charge in [-0.25, -0.2) is 4.39 Å². The van der Waals surface area contributed by atoms with E-state index in [0.717, 1.165) is 0 Å². The Kier molecular flexibility index (Phi) is 4.45. The molecule has 1 atom stereocenters. The van der Waals surface area contributed by atoms with Crippen molar-refractivity contribution in [3.63, 3.8) is 0 Å². The van der Waals surface area contributed by atoms with E-state index < -0.39 is 16.6 Å². The fraction of sp³-hybridized carbons (Fsp3) is 0.0769. The molecule has 6 heteroatoms. The summed E-state index contributed by atoms with van der Waals surface area (Å²) < 4.78 is 25.4. The van der Waals surface area contributed by atoms with E-state index in [1.54, 1.807) is 18.2 Å². The summed E-state index contributed by atoms with van der Waals surface area (Å²) in [5, 5.41) is 0.969. The van der Waals surface area contributed by atoms with Crippen molar-refractivity contribution < 1.29 is 8.60 Å². The average Bonchev–Trinajstić information content (AvgIpc) is 2.36. The molecule has 0 aromatic heterocycles. The number of anilines is 1. The molecule has 2 aromatic carbocycles. The molecule has 0 aliphatic rings. The molecule has 0 saturated heterocycles. The standard InChI is InChI=1S/C13H10Cl2FNOS/c14-9-1-3-11(15)8(5-9)7-19(18)13-6-10(16)2-4-12(13)17/h1-6H,7,17H2. The summed E-state index contributed by atoms with van der Waals surface area (Å²) in [7, 11) is -1.48. The first kappa shape index (κ1) is 14.3. The van der Waals surface area contributed by atoms with E-state index in [4.69, 9.17) is 28.9 Å². The van der Waals surface area contributed by atoms with E-state index >= 15 is 0 Å². The number of hydrogen-bond donors (Lipinski definition) is 1. The minimum absolute atomic E-state index is 0.132. The molecule has 0 aliphatic carbocycles. The van der Waals surface area contributed by atoms with Crippen LogP contribution in [0.4, 0.5) is 10.1 Å². The average molecular weight is 318 g/mol. The van der Waals surface area contributed by atoms with Crippen molar-refractivity contribution >= 4 is 39.7 Å². The first-order chi connectivity index (χ1) is 8.97. The van der Waals surface area contributed by atoms with Crippen molar-refractivity contribution in [2.75, 3.05) is 5.73 Å². The summed E-state index contributed by atoms with van der Waals surface area (Å²) >= 11 is 11.9. The van der Waals surface area contributed by atoms with Crippen LogP contribution in [0.2, 0.25) is 10.0 Å². The second-order valence-corrected chi connectivity index (χ2v) is 6.17. The lowest BCUT2D eigenvalue weighted by molar-refractivity contribution is 0.623. The smallest absolute Gasteiger partial charge is 0.124 e. The van der Waals surface area contributed by atoms with E-state index in [9.17, 15) is 8.60 Å². The summed E-state index contributed by atoms with van der Waals surface area (Å²) in [5.41, 5.74) is 6.62. The molecular weight excluding hydrogens is 308 g/mol. The maximum absolute atomic E-state index is 13.2. The Morgan fingerprint density at radius 3 is 2.63 bits per heavy atom. The zero-order valence-corrected chi connectivity index (χ0v) is 12.0. The van der Waals surface area contributed by atoms with Crippen LogP contribution in [0.3, 0.4) is 0 Å². The topological polar surface area (TPSA) is 43.1 Å². The molecule has 2 rings (SSSR count). The van der Waals surface area contributed by atoms with Gasteiger partial charge in [-0.15, -0.1) is 0 Å². The van der Waals surface area contributed by atoms with Gasteiger partial charge >= 0.3 is 0 Å². The van der Waals surface area contributed by atoms with Crippen LogP contribution in [0, 0.1) is 5.82 Å². The van der Waals surface area contributed by atoms with Crippen molar-refractivity contribution in [3.8, 4) is 0 Å². The van der Waals surface area contributed by atoms with Gasteiger partial charge in [0.15, 0.2) is 0 Å². The van der Waals surface area contributed by atoms with E-state index in [0.29, 0.717) is 15.6 Å². The van der Waals surface area contributed by atoms with Crippen LogP contribution in [0.5, 0.6) is 0 Å². The molecule has 0 saturated carbocycles. The zero-order valence-electron chi connectivity index (χ0n) is 9.70. The Morgan fingerprint density at radius 2 is 1.89 bits per heavy atom. The minimum Gasteiger partial charge on any atom is -0.398 e. The van der Waals surface area contributed by atoms with E-state index in [-0.39, 0.29) is 16.3 Å². The Labute approximate surface area is 122 Å². The molecular formula is C13H10Cl2FNOS. The van der Waals surface area contributed by atoms with E-state index in [2.05, 4.69) is 0 Å². The number of halogens is 3. The van der Waals surface area contributed by atoms with Crippen molar-refractivity contribution in [2.45, 2.75) is 10.6 Å². The molecule has 2 aromatic rings. The highest BCUT2D eigenvalue weighted by Gasteiger charge is 2.12. The lowest BCUT2D eigenvalue weighted by atomic mass is 10.2. The SMILES string of the molecule is Nc1ccc(F)cc1S(=O)Cc1cc(Cl)ccc1Cl. The summed E-state index contributed by atoms with van der Waals surface area (Å²) in [6.07, 6.45) is 0. The van der Waals surface area contributed by atoms with Crippen LogP contribution in [0.15, 0.2) is 41.3 Å². The van der Waals surface area contributed by atoms with Gasteiger partial charge in [0.25, 0.3) is 0 Å². The third-order valence-corrected chi connectivity index (χ3v) is 4.54. The zero-order chi connectivity index (χ0) is 14.0. The molecule has 0 bridgehead atoms. The van der Waals surface area contributed by atoms with Gasteiger partial charge in [0.05, 0.1) is 21.4 Å². The van der Waals surface area contributed by atoms with E-state index in [1.807, 2.05) is 0 Å². The van der Waals surface area contributed by atoms with Crippen LogP contribution in [0.1, 0.15) is 5.56 Å². The van der Waals surface area contributed by atoms with Crippen molar-refractivity contribution in [1.82, 2.24) is 0 Å². The molecule has 1 unspecified atom stereocenters. The highest BCUT2D eigenvalue weighted by Crippen LogP contribution is 2.25. The van der Waals surface area contributed by atoms with Crippen LogP contribution in [-0.4, -0.2) is 4.21 Å². The molecule has 0 radical (unpaired) electrons. The van der Waals surface area contributed by atoms with Crippen LogP contribution in [0.25, 0.3) is 0 Å². The van der Waals surface area contributed by atoms with Gasteiger partial charge < -0.3 is 5.73 Å². The minimum atomic E-state index is -1.48. The fourth-order valence-corrected chi connectivity index (χ4v) is 3.29. The first-order valence-corrected chi connectivity index (χ1v) is 7.42. The molecule has 100 valence electrons. The van der Waals surface area contributed by atoms with Gasteiger partial charge in [-0.2, -0.15) is 0 Å². The molecule has 0 amide bonds. The van der Waals surface area contributed by atoms with Gasteiger partial charge in [0.1, 0.15) is 5.82 Å². The summed E-state index contributed by atoms with van der Waals surface area (Å²) in [6.45, 7) is 0. The third kappa shape index (κ3) is 3.47. The molecule has 0 spiro atoms. The Balaban J connectivity index is 2.30.